The van der Waals surface area contributed by atoms with Crippen LogP contribution in [-0.4, -0.2) is 13.1 Å². The van der Waals surface area contributed by atoms with Crippen LogP contribution in [0.4, 0.5) is 5.69 Å². The van der Waals surface area contributed by atoms with Crippen molar-refractivity contribution < 1.29 is 9.53 Å². The summed E-state index contributed by atoms with van der Waals surface area (Å²) in [5, 5.41) is 9.01. The summed E-state index contributed by atoms with van der Waals surface area (Å²) >= 11 is 0. The van der Waals surface area contributed by atoms with Crippen LogP contribution in [0.3, 0.4) is 0 Å². The van der Waals surface area contributed by atoms with Gasteiger partial charge in [-0.05, 0) is 69.3 Å². The highest BCUT2D eigenvalue weighted by Gasteiger charge is 2.39. The number of methoxy groups -OCH3 is 1. The van der Waals surface area contributed by atoms with Crippen LogP contribution in [0, 0.1) is 5.92 Å². The number of carbonyl (C=O) groups is 1. The van der Waals surface area contributed by atoms with Gasteiger partial charge in [-0.3, -0.25) is 0 Å². The molecule has 1 aliphatic carbocycles. The lowest BCUT2D eigenvalue weighted by Gasteiger charge is -2.38. The van der Waals surface area contributed by atoms with Crippen molar-refractivity contribution in [2.75, 3.05) is 12.4 Å². The van der Waals surface area contributed by atoms with Crippen molar-refractivity contribution in [2.45, 2.75) is 18.4 Å². The first kappa shape index (κ1) is 18.2. The van der Waals surface area contributed by atoms with Gasteiger partial charge in [0.05, 0.1) is 18.7 Å². The van der Waals surface area contributed by atoms with E-state index >= 15 is 0 Å². The number of benzene rings is 4. The molecule has 3 atom stereocenters. The molecule has 6 rings (SSSR count). The van der Waals surface area contributed by atoms with Crippen molar-refractivity contribution in [1.29, 1.82) is 0 Å². The van der Waals surface area contributed by atoms with E-state index in [0.717, 1.165) is 12.1 Å². The van der Waals surface area contributed by atoms with Crippen molar-refractivity contribution in [3.63, 3.8) is 0 Å². The molecule has 4 aromatic carbocycles. The SMILES string of the molecule is COC(=O)c1ccc2c(c1)C1C=CCC1C(c1c3ccccc3cc3ccccc13)N2. The highest BCUT2D eigenvalue weighted by atomic mass is 16.5. The summed E-state index contributed by atoms with van der Waals surface area (Å²) in [6.07, 6.45) is 5.62. The van der Waals surface area contributed by atoms with E-state index < -0.39 is 0 Å². The molecule has 2 aliphatic rings. The molecule has 0 fully saturated rings. The van der Waals surface area contributed by atoms with Gasteiger partial charge in [-0.1, -0.05) is 60.7 Å². The van der Waals surface area contributed by atoms with Gasteiger partial charge in [0.15, 0.2) is 0 Å². The van der Waals surface area contributed by atoms with Crippen LogP contribution in [-0.2, 0) is 4.74 Å². The van der Waals surface area contributed by atoms with E-state index in [-0.39, 0.29) is 17.9 Å². The fraction of sp³-hybridized carbons (Fsp3) is 0.179. The molecule has 3 heteroatoms. The first-order valence-corrected chi connectivity index (χ1v) is 10.8. The van der Waals surface area contributed by atoms with E-state index in [1.807, 2.05) is 18.2 Å². The van der Waals surface area contributed by atoms with Crippen molar-refractivity contribution in [3.05, 3.63) is 102 Å². The molecule has 1 N–H and O–H groups in total. The fourth-order valence-corrected chi connectivity index (χ4v) is 5.51. The van der Waals surface area contributed by atoms with E-state index in [4.69, 9.17) is 4.74 Å². The first-order valence-electron chi connectivity index (χ1n) is 10.8. The summed E-state index contributed by atoms with van der Waals surface area (Å²) in [5.41, 5.74) is 4.26. The first-order chi connectivity index (χ1) is 15.2. The average molecular weight is 405 g/mol. The van der Waals surface area contributed by atoms with Crippen molar-refractivity contribution in [1.82, 2.24) is 0 Å². The summed E-state index contributed by atoms with van der Waals surface area (Å²) in [6, 6.07) is 25.7. The molecular weight excluding hydrogens is 382 g/mol. The normalized spacial score (nSPS) is 21.5. The second kappa shape index (κ2) is 6.98. The standard InChI is InChI=1S/C28H23NO2/c1-31-28(30)19-13-14-25-24(16-19)22-11-6-12-23(22)27(29-25)26-20-9-4-2-7-17(20)15-18-8-3-5-10-21(18)26/h2-11,13-16,22-23,27,29H,12H2,1H3. The molecular formula is C28H23NO2. The molecule has 31 heavy (non-hydrogen) atoms. The smallest absolute Gasteiger partial charge is 0.337 e. The van der Waals surface area contributed by atoms with Crippen molar-refractivity contribution >= 4 is 33.2 Å². The zero-order valence-corrected chi connectivity index (χ0v) is 17.3. The van der Waals surface area contributed by atoms with E-state index in [1.165, 1.54) is 39.8 Å². The summed E-state index contributed by atoms with van der Waals surface area (Å²) < 4.78 is 4.95. The predicted octanol–water partition coefficient (Wildman–Crippen LogP) is 6.61. The maximum absolute atomic E-state index is 12.1. The zero-order chi connectivity index (χ0) is 20.9. The fourth-order valence-electron chi connectivity index (χ4n) is 5.51. The molecule has 1 aliphatic heterocycles. The van der Waals surface area contributed by atoms with Gasteiger partial charge in [-0.15, -0.1) is 0 Å². The Morgan fingerprint density at radius 3 is 2.35 bits per heavy atom. The Labute approximate surface area is 181 Å². The topological polar surface area (TPSA) is 38.3 Å². The van der Waals surface area contributed by atoms with E-state index in [0.29, 0.717) is 11.5 Å². The molecule has 3 unspecified atom stereocenters. The van der Waals surface area contributed by atoms with Gasteiger partial charge in [0.1, 0.15) is 0 Å². The molecule has 4 aromatic rings. The lowest BCUT2D eigenvalue weighted by atomic mass is 9.75. The van der Waals surface area contributed by atoms with E-state index in [9.17, 15) is 4.79 Å². The Bertz CT molecular complexity index is 1320. The minimum atomic E-state index is -0.288. The molecule has 0 saturated carbocycles. The Morgan fingerprint density at radius 1 is 0.935 bits per heavy atom. The third kappa shape index (κ3) is 2.77. The summed E-state index contributed by atoms with van der Waals surface area (Å²) in [5.74, 6) is 0.390. The molecule has 152 valence electrons. The minimum Gasteiger partial charge on any atom is -0.465 e. The Hall–Kier alpha value is -3.59. The molecule has 0 aromatic heterocycles. The van der Waals surface area contributed by atoms with Gasteiger partial charge < -0.3 is 10.1 Å². The quantitative estimate of drug-likeness (QED) is 0.232. The van der Waals surface area contributed by atoms with Gasteiger partial charge in [0.2, 0.25) is 0 Å². The van der Waals surface area contributed by atoms with Gasteiger partial charge in [-0.2, -0.15) is 0 Å². The molecule has 0 saturated heterocycles. The lowest BCUT2D eigenvalue weighted by Crippen LogP contribution is -2.29. The summed E-state index contributed by atoms with van der Waals surface area (Å²) in [6.45, 7) is 0. The van der Waals surface area contributed by atoms with Gasteiger partial charge in [0, 0.05) is 11.6 Å². The second-order valence-electron chi connectivity index (χ2n) is 8.50. The number of nitrogens with one attached hydrogen (secondary N) is 1. The summed E-state index contributed by atoms with van der Waals surface area (Å²) in [7, 11) is 1.43. The number of allylic oxidation sites excluding steroid dienone is 2. The number of rotatable bonds is 2. The number of fused-ring (bicyclic) bond motifs is 5. The highest BCUT2D eigenvalue weighted by molar-refractivity contribution is 6.03. The highest BCUT2D eigenvalue weighted by Crippen LogP contribution is 2.52. The van der Waals surface area contributed by atoms with Crippen LogP contribution in [0.1, 0.15) is 39.9 Å². The largest absolute Gasteiger partial charge is 0.465 e. The van der Waals surface area contributed by atoms with Crippen LogP contribution in [0.25, 0.3) is 21.5 Å². The number of anilines is 1. The number of hydrogen-bond donors (Lipinski definition) is 1. The van der Waals surface area contributed by atoms with Gasteiger partial charge in [0.25, 0.3) is 0 Å². The number of ether oxygens (including phenoxy) is 1. The molecule has 0 bridgehead atoms. The second-order valence-corrected chi connectivity index (χ2v) is 8.50. The molecule has 1 heterocycles. The number of esters is 1. The minimum absolute atomic E-state index is 0.187. The Balaban J connectivity index is 1.57. The summed E-state index contributed by atoms with van der Waals surface area (Å²) in [4.78, 5) is 12.1. The van der Waals surface area contributed by atoms with Crippen LogP contribution >= 0.6 is 0 Å². The van der Waals surface area contributed by atoms with Gasteiger partial charge >= 0.3 is 5.97 Å². The monoisotopic (exact) mass is 405 g/mol. The Kier molecular flexibility index (Phi) is 4.10. The van der Waals surface area contributed by atoms with Crippen LogP contribution in [0.5, 0.6) is 0 Å². The average Bonchev–Trinajstić information content (AvgIpc) is 3.32. The molecule has 0 spiro atoms. The Morgan fingerprint density at radius 2 is 1.65 bits per heavy atom. The number of carbonyl (C=O) groups excluding carboxylic acids is 1. The van der Waals surface area contributed by atoms with Crippen LogP contribution < -0.4 is 5.32 Å². The lowest BCUT2D eigenvalue weighted by molar-refractivity contribution is 0.0600. The van der Waals surface area contributed by atoms with Crippen LogP contribution in [0.15, 0.2) is 84.9 Å². The van der Waals surface area contributed by atoms with Crippen molar-refractivity contribution in [3.8, 4) is 0 Å². The molecule has 3 nitrogen and oxygen atoms in total. The van der Waals surface area contributed by atoms with E-state index in [2.05, 4.69) is 72.1 Å². The molecule has 0 amide bonds. The zero-order valence-electron chi connectivity index (χ0n) is 17.3. The maximum Gasteiger partial charge on any atom is 0.337 e. The van der Waals surface area contributed by atoms with Crippen LogP contribution in [0.2, 0.25) is 0 Å². The third-order valence-electron chi connectivity index (χ3n) is 6.91. The van der Waals surface area contributed by atoms with Gasteiger partial charge in [-0.25, -0.2) is 4.79 Å². The predicted molar refractivity (Wildman–Crippen MR) is 126 cm³/mol. The maximum atomic E-state index is 12.1. The molecule has 0 radical (unpaired) electrons. The van der Waals surface area contributed by atoms with E-state index in [1.54, 1.807) is 0 Å². The third-order valence-corrected chi connectivity index (χ3v) is 6.91. The number of hydrogen-bond acceptors (Lipinski definition) is 3. The van der Waals surface area contributed by atoms with Crippen molar-refractivity contribution in [2.24, 2.45) is 5.92 Å².